The average Bonchev–Trinajstić information content (AvgIpc) is 2.15. The topological polar surface area (TPSA) is 29.5 Å². The number of ether oxygens (including phenoxy) is 1. The summed E-state index contributed by atoms with van der Waals surface area (Å²) in [6.07, 6.45) is 1.90. The van der Waals surface area contributed by atoms with Crippen LogP contribution in [0.4, 0.5) is 4.79 Å². The lowest BCUT2D eigenvalue weighted by Crippen LogP contribution is -2.44. The molecule has 1 aliphatic heterocycles. The van der Waals surface area contributed by atoms with Crippen molar-refractivity contribution in [1.29, 1.82) is 0 Å². The van der Waals surface area contributed by atoms with Crippen LogP contribution in [0.15, 0.2) is 0 Å². The van der Waals surface area contributed by atoms with E-state index in [2.05, 4.69) is 0 Å². The van der Waals surface area contributed by atoms with Gasteiger partial charge in [-0.05, 0) is 46.5 Å². The smallest absolute Gasteiger partial charge is 0.410 e. The van der Waals surface area contributed by atoms with Gasteiger partial charge in [0, 0.05) is 18.5 Å². The zero-order valence-electron chi connectivity index (χ0n) is 10.6. The van der Waals surface area contributed by atoms with E-state index in [4.69, 9.17) is 16.3 Å². The summed E-state index contributed by atoms with van der Waals surface area (Å²) in [4.78, 5) is 13.6. The third-order valence-corrected chi connectivity index (χ3v) is 3.12. The first-order valence-electron chi connectivity index (χ1n) is 5.91. The number of carbonyl (C=O) groups excluding carboxylic acids is 1. The zero-order chi connectivity index (χ0) is 12.3. The summed E-state index contributed by atoms with van der Waals surface area (Å²) < 4.78 is 5.35. The van der Waals surface area contributed by atoms with Gasteiger partial charge in [-0.3, -0.25) is 0 Å². The highest BCUT2D eigenvalue weighted by Crippen LogP contribution is 2.24. The van der Waals surface area contributed by atoms with E-state index in [-0.39, 0.29) is 11.5 Å². The molecule has 1 aliphatic rings. The molecule has 16 heavy (non-hydrogen) atoms. The standard InChI is InChI=1S/C12H22ClNO2/c1-9(13)10-6-5-7-14(8-10)11(15)16-12(2,3)4/h9-10H,5-8H2,1-4H3/t9-,10+/m0/s1. The summed E-state index contributed by atoms with van der Waals surface area (Å²) in [5, 5.41) is 0.116. The first kappa shape index (κ1) is 13.6. The number of amides is 1. The fourth-order valence-corrected chi connectivity index (χ4v) is 2.08. The van der Waals surface area contributed by atoms with Crippen molar-refractivity contribution in [2.75, 3.05) is 13.1 Å². The summed E-state index contributed by atoms with van der Waals surface area (Å²) in [6.45, 7) is 9.16. The van der Waals surface area contributed by atoms with E-state index < -0.39 is 5.60 Å². The van der Waals surface area contributed by atoms with Crippen molar-refractivity contribution in [3.8, 4) is 0 Å². The number of rotatable bonds is 1. The number of alkyl halides is 1. The van der Waals surface area contributed by atoms with Crippen molar-refractivity contribution in [2.24, 2.45) is 5.92 Å². The second-order valence-electron chi connectivity index (χ2n) is 5.51. The summed E-state index contributed by atoms with van der Waals surface area (Å²) in [5.41, 5.74) is -0.420. The van der Waals surface area contributed by atoms with E-state index in [0.717, 1.165) is 25.9 Å². The van der Waals surface area contributed by atoms with Crippen molar-refractivity contribution < 1.29 is 9.53 Å². The molecule has 0 unspecified atom stereocenters. The van der Waals surface area contributed by atoms with Crippen molar-refractivity contribution in [3.63, 3.8) is 0 Å². The molecule has 4 heteroatoms. The Hall–Kier alpha value is -0.440. The summed E-state index contributed by atoms with van der Waals surface area (Å²) in [6, 6.07) is 0. The third kappa shape index (κ3) is 4.20. The molecule has 0 aromatic heterocycles. The number of carbonyl (C=O) groups is 1. The van der Waals surface area contributed by atoms with Gasteiger partial charge in [0.1, 0.15) is 5.60 Å². The summed E-state index contributed by atoms with van der Waals surface area (Å²) in [5.74, 6) is 0.392. The van der Waals surface area contributed by atoms with E-state index in [1.54, 1.807) is 4.90 Å². The summed E-state index contributed by atoms with van der Waals surface area (Å²) >= 11 is 6.08. The van der Waals surface area contributed by atoms with Gasteiger partial charge in [0.15, 0.2) is 0 Å². The molecule has 3 nitrogen and oxygen atoms in total. The van der Waals surface area contributed by atoms with Gasteiger partial charge in [0.05, 0.1) is 0 Å². The van der Waals surface area contributed by atoms with Gasteiger partial charge in [-0.15, -0.1) is 11.6 Å². The minimum absolute atomic E-state index is 0.116. The first-order valence-corrected chi connectivity index (χ1v) is 6.35. The van der Waals surface area contributed by atoms with Crippen LogP contribution in [0, 0.1) is 5.92 Å². The molecule has 0 N–H and O–H groups in total. The van der Waals surface area contributed by atoms with Crippen LogP contribution in [-0.4, -0.2) is 35.1 Å². The van der Waals surface area contributed by atoms with Crippen LogP contribution in [0.1, 0.15) is 40.5 Å². The first-order chi connectivity index (χ1) is 7.29. The van der Waals surface area contributed by atoms with Crippen LogP contribution in [0.5, 0.6) is 0 Å². The molecule has 0 aromatic rings. The Kier molecular flexibility index (Phi) is 4.48. The Balaban J connectivity index is 2.50. The Bertz CT molecular complexity index is 248. The Morgan fingerprint density at radius 2 is 2.12 bits per heavy atom. The highest BCUT2D eigenvalue weighted by atomic mass is 35.5. The fraction of sp³-hybridized carbons (Fsp3) is 0.917. The highest BCUT2D eigenvalue weighted by molar-refractivity contribution is 6.20. The predicted octanol–water partition coefficient (Wildman–Crippen LogP) is 3.26. The van der Waals surface area contributed by atoms with Gasteiger partial charge in [0.25, 0.3) is 0 Å². The van der Waals surface area contributed by atoms with Gasteiger partial charge in [-0.25, -0.2) is 4.79 Å². The average molecular weight is 248 g/mol. The van der Waals surface area contributed by atoms with E-state index in [1.165, 1.54) is 0 Å². The van der Waals surface area contributed by atoms with Gasteiger partial charge >= 0.3 is 6.09 Å². The molecule has 1 rings (SSSR count). The molecule has 2 atom stereocenters. The molecule has 1 amide bonds. The minimum atomic E-state index is -0.420. The maximum absolute atomic E-state index is 11.8. The quantitative estimate of drug-likeness (QED) is 0.666. The van der Waals surface area contributed by atoms with Gasteiger partial charge < -0.3 is 9.64 Å². The largest absolute Gasteiger partial charge is 0.444 e. The molecular formula is C12H22ClNO2. The second-order valence-corrected chi connectivity index (χ2v) is 6.19. The number of hydrogen-bond donors (Lipinski definition) is 0. The molecule has 0 radical (unpaired) electrons. The maximum atomic E-state index is 11.8. The van der Waals surface area contributed by atoms with Crippen molar-refractivity contribution in [3.05, 3.63) is 0 Å². The van der Waals surface area contributed by atoms with Crippen LogP contribution in [-0.2, 0) is 4.74 Å². The van der Waals surface area contributed by atoms with Crippen LogP contribution in [0.2, 0.25) is 0 Å². The number of halogens is 1. The van der Waals surface area contributed by atoms with Crippen molar-refractivity contribution in [1.82, 2.24) is 4.90 Å². The minimum Gasteiger partial charge on any atom is -0.444 e. The van der Waals surface area contributed by atoms with E-state index in [9.17, 15) is 4.79 Å². The van der Waals surface area contributed by atoms with E-state index in [0.29, 0.717) is 5.92 Å². The van der Waals surface area contributed by atoms with Gasteiger partial charge in [0.2, 0.25) is 0 Å². The second kappa shape index (κ2) is 5.26. The van der Waals surface area contributed by atoms with Crippen LogP contribution >= 0.6 is 11.6 Å². The number of nitrogens with zero attached hydrogens (tertiary/aromatic N) is 1. The molecule has 0 aromatic carbocycles. The van der Waals surface area contributed by atoms with E-state index >= 15 is 0 Å². The zero-order valence-corrected chi connectivity index (χ0v) is 11.4. The van der Waals surface area contributed by atoms with Gasteiger partial charge in [-0.1, -0.05) is 0 Å². The van der Waals surface area contributed by atoms with Crippen LogP contribution in [0.25, 0.3) is 0 Å². The van der Waals surface area contributed by atoms with Crippen LogP contribution in [0.3, 0.4) is 0 Å². The third-order valence-electron chi connectivity index (χ3n) is 2.76. The molecule has 1 fully saturated rings. The molecular weight excluding hydrogens is 226 g/mol. The lowest BCUT2D eigenvalue weighted by molar-refractivity contribution is 0.0166. The number of likely N-dealkylation sites (tertiary alicyclic amines) is 1. The maximum Gasteiger partial charge on any atom is 0.410 e. The Morgan fingerprint density at radius 3 is 2.62 bits per heavy atom. The van der Waals surface area contributed by atoms with Crippen molar-refractivity contribution in [2.45, 2.75) is 51.5 Å². The number of piperidine rings is 1. The molecule has 0 aliphatic carbocycles. The molecule has 0 spiro atoms. The SMILES string of the molecule is C[C@H](Cl)[C@@H]1CCCN(C(=O)OC(C)(C)C)C1. The van der Waals surface area contributed by atoms with Crippen molar-refractivity contribution >= 4 is 17.7 Å². The molecule has 1 saturated heterocycles. The Morgan fingerprint density at radius 1 is 1.50 bits per heavy atom. The molecule has 94 valence electrons. The molecule has 1 heterocycles. The predicted molar refractivity (Wildman–Crippen MR) is 65.8 cm³/mol. The van der Waals surface area contributed by atoms with E-state index in [1.807, 2.05) is 27.7 Å². The normalized spacial score (nSPS) is 24.1. The number of hydrogen-bond acceptors (Lipinski definition) is 2. The fourth-order valence-electron chi connectivity index (χ4n) is 1.88. The summed E-state index contributed by atoms with van der Waals surface area (Å²) in [7, 11) is 0. The highest BCUT2D eigenvalue weighted by Gasteiger charge is 2.29. The lowest BCUT2D eigenvalue weighted by Gasteiger charge is -2.35. The van der Waals surface area contributed by atoms with Gasteiger partial charge in [-0.2, -0.15) is 0 Å². The monoisotopic (exact) mass is 247 g/mol. The lowest BCUT2D eigenvalue weighted by atomic mass is 9.95. The molecule has 0 bridgehead atoms. The molecule has 0 saturated carbocycles. The van der Waals surface area contributed by atoms with Crippen LogP contribution < -0.4 is 0 Å². The Labute approximate surface area is 103 Å².